The summed E-state index contributed by atoms with van der Waals surface area (Å²) in [6, 6.07) is 11.9. The topological polar surface area (TPSA) is 86.4 Å². The Morgan fingerprint density at radius 1 is 1.12 bits per heavy atom. The number of fused-ring (bicyclic) bond motifs is 1. The fourth-order valence-corrected chi connectivity index (χ4v) is 4.66. The van der Waals surface area contributed by atoms with Crippen molar-refractivity contribution in [1.82, 2.24) is 20.0 Å². The molecule has 8 heteroatoms. The summed E-state index contributed by atoms with van der Waals surface area (Å²) in [7, 11) is 0. The maximum atomic E-state index is 14.6. The second kappa shape index (κ2) is 9.00. The summed E-state index contributed by atoms with van der Waals surface area (Å²) in [6.45, 7) is 3.44. The molecule has 7 nitrogen and oxygen atoms in total. The molecule has 2 aromatic carbocycles. The quantitative estimate of drug-likeness (QED) is 0.585. The van der Waals surface area contributed by atoms with Gasteiger partial charge in [0.2, 0.25) is 5.91 Å². The normalized spacial score (nSPS) is 15.9. The third kappa shape index (κ3) is 4.20. The lowest BCUT2D eigenvalue weighted by atomic mass is 10.00. The summed E-state index contributed by atoms with van der Waals surface area (Å²) in [4.78, 5) is 40.9. The molecule has 2 fully saturated rings. The van der Waals surface area contributed by atoms with Crippen LogP contribution in [0.25, 0.3) is 10.8 Å². The number of aryl methyl sites for hydroxylation is 2. The Balaban J connectivity index is 1.26. The fraction of sp³-hybridized carbons (Fsp3) is 0.385. The van der Waals surface area contributed by atoms with Crippen molar-refractivity contribution in [2.45, 2.75) is 38.6 Å². The van der Waals surface area contributed by atoms with E-state index in [1.165, 1.54) is 6.07 Å². The van der Waals surface area contributed by atoms with E-state index in [2.05, 4.69) is 10.2 Å². The number of aromatic nitrogens is 2. The zero-order valence-corrected chi connectivity index (χ0v) is 19.1. The van der Waals surface area contributed by atoms with Crippen LogP contribution in [-0.4, -0.2) is 57.5 Å². The summed E-state index contributed by atoms with van der Waals surface area (Å²) in [5, 5.41) is 8.09. The highest BCUT2D eigenvalue weighted by Crippen LogP contribution is 2.33. The minimum atomic E-state index is -0.550. The van der Waals surface area contributed by atoms with E-state index in [0.29, 0.717) is 37.9 Å². The van der Waals surface area contributed by atoms with Crippen molar-refractivity contribution in [1.29, 1.82) is 0 Å². The molecule has 0 radical (unpaired) electrons. The molecule has 2 amide bonds. The summed E-state index contributed by atoms with van der Waals surface area (Å²) in [5.74, 6) is -0.576. The summed E-state index contributed by atoms with van der Waals surface area (Å²) in [6.07, 6.45) is 2.99. The molecule has 1 aliphatic heterocycles. The second-order valence-corrected chi connectivity index (χ2v) is 9.12. The van der Waals surface area contributed by atoms with Crippen LogP contribution < -0.4 is 5.56 Å². The number of carbonyl (C=O) groups excluding carboxylic acids is 2. The van der Waals surface area contributed by atoms with Gasteiger partial charge in [-0.2, -0.15) is 5.10 Å². The highest BCUT2D eigenvalue weighted by Gasteiger charge is 2.41. The molecule has 0 spiro atoms. The number of likely N-dealkylation sites (tertiary alicyclic amines) is 1. The predicted octanol–water partition coefficient (Wildman–Crippen LogP) is 2.93. The largest absolute Gasteiger partial charge is 0.336 e. The number of nitrogens with one attached hydrogen (secondary N) is 1. The van der Waals surface area contributed by atoms with Crippen molar-refractivity contribution in [3.63, 3.8) is 0 Å². The first-order valence-corrected chi connectivity index (χ1v) is 11.8. The molecule has 3 aromatic rings. The van der Waals surface area contributed by atoms with Crippen molar-refractivity contribution < 1.29 is 14.0 Å². The molecule has 0 atom stereocenters. The Hall–Kier alpha value is -3.55. The van der Waals surface area contributed by atoms with Gasteiger partial charge in [-0.05, 0) is 56.4 Å². The number of benzene rings is 2. The Morgan fingerprint density at radius 3 is 2.56 bits per heavy atom. The minimum absolute atomic E-state index is 0.00730. The minimum Gasteiger partial charge on any atom is -0.336 e. The number of carbonyl (C=O) groups is 2. The molecule has 0 unspecified atom stereocenters. The summed E-state index contributed by atoms with van der Waals surface area (Å²) >= 11 is 0. The van der Waals surface area contributed by atoms with Crippen molar-refractivity contribution >= 4 is 22.6 Å². The van der Waals surface area contributed by atoms with Gasteiger partial charge in [-0.1, -0.05) is 24.3 Å². The van der Waals surface area contributed by atoms with E-state index in [0.717, 1.165) is 29.5 Å². The number of aromatic amines is 1. The second-order valence-electron chi connectivity index (χ2n) is 9.12. The monoisotopic (exact) mass is 462 g/mol. The zero-order chi connectivity index (χ0) is 23.8. The number of H-pyrrole nitrogens is 1. The number of likely N-dealkylation sites (N-methyl/N-ethyl adjacent to an activating group) is 1. The van der Waals surface area contributed by atoms with E-state index in [9.17, 15) is 18.8 Å². The molecule has 1 saturated carbocycles. The number of hydrogen-bond donors (Lipinski definition) is 1. The first kappa shape index (κ1) is 22.3. The lowest BCUT2D eigenvalue weighted by Crippen LogP contribution is -2.62. The van der Waals surface area contributed by atoms with Gasteiger partial charge in [0.05, 0.1) is 22.7 Å². The van der Waals surface area contributed by atoms with Crippen molar-refractivity contribution in [3.05, 3.63) is 75.5 Å². The van der Waals surface area contributed by atoms with Gasteiger partial charge in [-0.25, -0.2) is 9.49 Å². The van der Waals surface area contributed by atoms with Crippen LogP contribution >= 0.6 is 0 Å². The van der Waals surface area contributed by atoms with E-state index in [1.807, 2.05) is 24.0 Å². The third-order valence-electron chi connectivity index (χ3n) is 6.83. The smallest absolute Gasteiger partial charge is 0.272 e. The molecule has 34 heavy (non-hydrogen) atoms. The zero-order valence-electron chi connectivity index (χ0n) is 19.1. The molecule has 1 saturated heterocycles. The maximum Gasteiger partial charge on any atom is 0.272 e. The average Bonchev–Trinajstić information content (AvgIpc) is 3.66. The molecule has 2 aliphatic rings. The first-order chi connectivity index (χ1) is 16.5. The van der Waals surface area contributed by atoms with Crippen molar-refractivity contribution in [2.24, 2.45) is 5.92 Å². The lowest BCUT2D eigenvalue weighted by molar-refractivity contribution is -0.137. The number of rotatable bonds is 7. The lowest BCUT2D eigenvalue weighted by Gasteiger charge is -2.45. The van der Waals surface area contributed by atoms with Gasteiger partial charge >= 0.3 is 0 Å². The highest BCUT2D eigenvalue weighted by molar-refractivity contribution is 5.95. The van der Waals surface area contributed by atoms with E-state index in [-0.39, 0.29) is 34.9 Å². The molecule has 176 valence electrons. The fourth-order valence-electron chi connectivity index (χ4n) is 4.66. The van der Waals surface area contributed by atoms with Gasteiger partial charge in [0.25, 0.3) is 11.5 Å². The Labute approximate surface area is 196 Å². The molecule has 2 heterocycles. The van der Waals surface area contributed by atoms with Gasteiger partial charge < -0.3 is 9.80 Å². The Morgan fingerprint density at radius 2 is 1.85 bits per heavy atom. The highest BCUT2D eigenvalue weighted by atomic mass is 19.1. The number of hydrogen-bond acceptors (Lipinski definition) is 4. The first-order valence-electron chi connectivity index (χ1n) is 11.8. The standard InChI is InChI=1S/C26H27FN4O3/c1-2-31(25(33)17-9-10-17)18-14-30(15-18)26(34)21-13-16(7-11-22(21)27)8-12-23-19-5-3-4-6-20(19)24(32)29-28-23/h3-7,11,13,17-18H,2,8-10,12,14-15H2,1H3,(H,29,32). The van der Waals surface area contributed by atoms with Gasteiger partial charge in [-0.3, -0.25) is 14.4 Å². The van der Waals surface area contributed by atoms with Gasteiger partial charge in [0.1, 0.15) is 5.82 Å². The van der Waals surface area contributed by atoms with Crippen molar-refractivity contribution in [3.8, 4) is 0 Å². The van der Waals surface area contributed by atoms with Crippen molar-refractivity contribution in [2.75, 3.05) is 19.6 Å². The Bertz CT molecular complexity index is 1310. The maximum absolute atomic E-state index is 14.6. The molecular formula is C26H27FN4O3. The third-order valence-corrected chi connectivity index (χ3v) is 6.83. The summed E-state index contributed by atoms with van der Waals surface area (Å²) in [5.41, 5.74) is 1.38. The van der Waals surface area contributed by atoms with Crippen LogP contribution in [0.2, 0.25) is 0 Å². The molecule has 1 aliphatic carbocycles. The SMILES string of the molecule is CCN(C(=O)C1CC1)C1CN(C(=O)c2cc(CCc3n[nH]c(=O)c4ccccc34)ccc2F)C1. The van der Waals surface area contributed by atoms with Crippen LogP contribution in [0.3, 0.4) is 0 Å². The number of amides is 2. The molecular weight excluding hydrogens is 435 g/mol. The van der Waals surface area contributed by atoms with Crippen LogP contribution in [0.1, 0.15) is 41.4 Å². The van der Waals surface area contributed by atoms with Gasteiger partial charge in [-0.15, -0.1) is 0 Å². The van der Waals surface area contributed by atoms with E-state index in [1.54, 1.807) is 29.2 Å². The van der Waals surface area contributed by atoms with E-state index < -0.39 is 5.82 Å². The van der Waals surface area contributed by atoms with E-state index >= 15 is 0 Å². The average molecular weight is 463 g/mol. The van der Waals surface area contributed by atoms with Crippen LogP contribution in [-0.2, 0) is 17.6 Å². The van der Waals surface area contributed by atoms with Gasteiger partial charge in [0.15, 0.2) is 0 Å². The van der Waals surface area contributed by atoms with Crippen LogP contribution in [0.15, 0.2) is 47.3 Å². The van der Waals surface area contributed by atoms with Crippen LogP contribution in [0.5, 0.6) is 0 Å². The van der Waals surface area contributed by atoms with Crippen LogP contribution in [0, 0.1) is 11.7 Å². The van der Waals surface area contributed by atoms with Gasteiger partial charge in [0, 0.05) is 30.9 Å². The molecule has 1 aromatic heterocycles. The molecule has 1 N–H and O–H groups in total. The van der Waals surface area contributed by atoms with Crippen LogP contribution in [0.4, 0.5) is 4.39 Å². The molecule has 5 rings (SSSR count). The summed E-state index contributed by atoms with van der Waals surface area (Å²) < 4.78 is 14.6. The Kier molecular flexibility index (Phi) is 5.89. The number of halogens is 1. The predicted molar refractivity (Wildman–Crippen MR) is 126 cm³/mol. The molecule has 0 bridgehead atoms. The van der Waals surface area contributed by atoms with E-state index in [4.69, 9.17) is 0 Å². The number of nitrogens with zero attached hydrogens (tertiary/aromatic N) is 3.